The Bertz CT molecular complexity index is 2610. The maximum absolute atomic E-state index is 14.5. The highest BCUT2D eigenvalue weighted by Gasteiger charge is 2.39. The number of benzene rings is 2. The molecule has 374 valence electrons. The maximum atomic E-state index is 14.5. The third-order valence-electron chi connectivity index (χ3n) is 14.3. The Balaban J connectivity index is 1.17. The summed E-state index contributed by atoms with van der Waals surface area (Å²) in [7, 11) is 5.31. The normalized spacial score (nSPS) is 18.7. The van der Waals surface area contributed by atoms with Crippen LogP contribution in [-0.4, -0.2) is 138 Å². The first-order valence-electron chi connectivity index (χ1n) is 25.0. The van der Waals surface area contributed by atoms with Crippen LogP contribution in [0, 0.1) is 29.1 Å². The number of carbonyl (C=O) groups is 5. The van der Waals surface area contributed by atoms with Gasteiger partial charge in [0.05, 0.1) is 36.1 Å². The van der Waals surface area contributed by atoms with Crippen LogP contribution in [0.5, 0.6) is 0 Å². The molecule has 5 heterocycles. The standard InChI is InChI=1S/C55H72N8O7/c1-10-62-47-20-18-40(31-44(47)45(32-55(5,6)34-70-35-64)51(62)43-17-14-24-56-49(43)37(4)69-9)39-16-13-15-38(29-39)30-46(54(68)63-26-12-11-25-57-63)58-52(66)50(36(2)3)60(8)53(67)41-22-28-61(33-41)48(65)21-19-42-23-27-59(42)7/h13-18,20,24,29,31,35-37,41-42,46,50,57H,10-12,22-23,25-28,30,32-34H2,1-9H3,(H,58,66)/t37-,41-,42+,46-,50-/m0/s1. The van der Waals surface area contributed by atoms with E-state index < -0.39 is 29.3 Å². The Labute approximate surface area is 413 Å². The molecule has 3 aliphatic rings. The summed E-state index contributed by atoms with van der Waals surface area (Å²) in [5, 5.41) is 5.79. The summed E-state index contributed by atoms with van der Waals surface area (Å²) in [5.41, 5.74) is 10.6. The van der Waals surface area contributed by atoms with Gasteiger partial charge in [0.1, 0.15) is 12.1 Å². The average molecular weight is 957 g/mol. The summed E-state index contributed by atoms with van der Waals surface area (Å²) in [6.45, 7) is 16.4. The van der Waals surface area contributed by atoms with Crippen molar-refractivity contribution in [2.45, 2.75) is 111 Å². The number of rotatable bonds is 18. The van der Waals surface area contributed by atoms with E-state index in [1.54, 1.807) is 30.3 Å². The number of fused-ring (bicyclic) bond motifs is 1. The highest BCUT2D eigenvalue weighted by Crippen LogP contribution is 2.42. The number of aromatic nitrogens is 2. The Hall–Kier alpha value is -6.08. The minimum atomic E-state index is -0.930. The van der Waals surface area contributed by atoms with Crippen molar-refractivity contribution in [3.63, 3.8) is 0 Å². The summed E-state index contributed by atoms with van der Waals surface area (Å²) >= 11 is 0. The predicted molar refractivity (Wildman–Crippen MR) is 271 cm³/mol. The second-order valence-electron chi connectivity index (χ2n) is 20.4. The Morgan fingerprint density at radius 1 is 1.01 bits per heavy atom. The van der Waals surface area contributed by atoms with Gasteiger partial charge in [0, 0.05) is 87.9 Å². The number of carbonyl (C=O) groups excluding carboxylic acids is 5. The van der Waals surface area contributed by atoms with E-state index in [-0.39, 0.29) is 55.4 Å². The third kappa shape index (κ3) is 11.6. The van der Waals surface area contributed by atoms with E-state index in [1.807, 2.05) is 46.0 Å². The van der Waals surface area contributed by atoms with Crippen LogP contribution in [-0.2, 0) is 52.8 Å². The molecule has 0 radical (unpaired) electrons. The fourth-order valence-corrected chi connectivity index (χ4v) is 10.3. The molecule has 0 aliphatic carbocycles. The van der Waals surface area contributed by atoms with Crippen molar-refractivity contribution in [2.24, 2.45) is 17.3 Å². The molecule has 70 heavy (non-hydrogen) atoms. The van der Waals surface area contributed by atoms with Gasteiger partial charge in [-0.1, -0.05) is 63.9 Å². The van der Waals surface area contributed by atoms with Gasteiger partial charge < -0.3 is 29.2 Å². The molecule has 4 aromatic rings. The molecule has 5 atom stereocenters. The first kappa shape index (κ1) is 51.8. The molecule has 0 unspecified atom stereocenters. The van der Waals surface area contributed by atoms with Crippen LogP contribution in [0.2, 0.25) is 0 Å². The zero-order chi connectivity index (χ0) is 50.3. The number of amides is 4. The molecule has 0 saturated carbocycles. The van der Waals surface area contributed by atoms with Crippen molar-refractivity contribution in [2.75, 3.05) is 60.5 Å². The fourth-order valence-electron chi connectivity index (χ4n) is 10.3. The van der Waals surface area contributed by atoms with Crippen LogP contribution < -0.4 is 10.7 Å². The Morgan fingerprint density at radius 2 is 1.80 bits per heavy atom. The van der Waals surface area contributed by atoms with Crippen molar-refractivity contribution < 1.29 is 33.4 Å². The average Bonchev–Trinajstić information content (AvgIpc) is 3.97. The van der Waals surface area contributed by atoms with Gasteiger partial charge in [-0.25, -0.2) is 5.43 Å². The van der Waals surface area contributed by atoms with E-state index in [4.69, 9.17) is 14.5 Å². The molecule has 0 spiro atoms. The third-order valence-corrected chi connectivity index (χ3v) is 14.3. The van der Waals surface area contributed by atoms with E-state index in [1.165, 1.54) is 4.90 Å². The number of aryl methyl sites for hydroxylation is 1. The zero-order valence-electron chi connectivity index (χ0n) is 42.5. The lowest BCUT2D eigenvalue weighted by Crippen LogP contribution is -2.59. The summed E-state index contributed by atoms with van der Waals surface area (Å²) in [5.74, 6) is 3.95. The lowest BCUT2D eigenvalue weighted by molar-refractivity contribution is -0.145. The summed E-state index contributed by atoms with van der Waals surface area (Å²) in [6.07, 6.45) is 5.56. The van der Waals surface area contributed by atoms with Gasteiger partial charge in [0.25, 0.3) is 18.3 Å². The largest absolute Gasteiger partial charge is 0.467 e. The van der Waals surface area contributed by atoms with Gasteiger partial charge in [-0.05, 0) is 111 Å². The minimum absolute atomic E-state index is 0.0855. The van der Waals surface area contributed by atoms with Crippen molar-refractivity contribution in [1.29, 1.82) is 0 Å². The number of methoxy groups -OCH3 is 1. The number of ether oxygens (including phenoxy) is 2. The van der Waals surface area contributed by atoms with E-state index in [0.717, 1.165) is 75.9 Å². The second kappa shape index (κ2) is 22.8. The number of hydrogen-bond acceptors (Lipinski definition) is 10. The molecule has 0 bridgehead atoms. The van der Waals surface area contributed by atoms with E-state index in [0.29, 0.717) is 45.5 Å². The highest BCUT2D eigenvalue weighted by molar-refractivity contribution is 5.97. The molecular formula is C55H72N8O7. The van der Waals surface area contributed by atoms with Crippen molar-refractivity contribution >= 4 is 41.0 Å². The SMILES string of the molecule is CCn1c(-c2cccnc2[C@H](C)OC)c(CC(C)(C)COC=O)c2cc(-c3cccc(C[C@H](NC(=O)[C@H](C(C)C)N(C)C(=O)[C@H]4CCN(C(=O)C#C[C@@H]5CCN5C)C4)C(=O)N4CCCCN4)c3)ccc21. The number of nitrogens with zero attached hydrogens (tertiary/aromatic N) is 6. The van der Waals surface area contributed by atoms with E-state index in [2.05, 4.69) is 89.2 Å². The van der Waals surface area contributed by atoms with Crippen LogP contribution in [0.3, 0.4) is 0 Å². The van der Waals surface area contributed by atoms with Crippen LogP contribution in [0.4, 0.5) is 0 Å². The highest BCUT2D eigenvalue weighted by atomic mass is 16.5. The minimum Gasteiger partial charge on any atom is -0.467 e. The molecule has 3 aliphatic heterocycles. The molecule has 2 aromatic carbocycles. The number of hydrazine groups is 1. The van der Waals surface area contributed by atoms with Gasteiger partial charge in [0.15, 0.2) is 0 Å². The summed E-state index contributed by atoms with van der Waals surface area (Å²) in [4.78, 5) is 77.4. The van der Waals surface area contributed by atoms with Crippen molar-refractivity contribution in [3.05, 3.63) is 77.6 Å². The topological polar surface area (TPSA) is 159 Å². The number of likely N-dealkylation sites (tertiary alicyclic amines) is 2. The van der Waals surface area contributed by atoms with Crippen LogP contribution in [0.25, 0.3) is 33.3 Å². The maximum Gasteiger partial charge on any atom is 0.298 e. The molecular weight excluding hydrogens is 885 g/mol. The van der Waals surface area contributed by atoms with E-state index in [9.17, 15) is 24.0 Å². The molecule has 3 saturated heterocycles. The number of hydrogen-bond donors (Lipinski definition) is 2. The second-order valence-corrected chi connectivity index (χ2v) is 20.4. The van der Waals surface area contributed by atoms with Crippen molar-refractivity contribution in [3.8, 4) is 34.2 Å². The monoisotopic (exact) mass is 957 g/mol. The van der Waals surface area contributed by atoms with Crippen LogP contribution >= 0.6 is 0 Å². The predicted octanol–water partition coefficient (Wildman–Crippen LogP) is 6.03. The molecule has 7 rings (SSSR count). The first-order valence-corrected chi connectivity index (χ1v) is 25.0. The number of likely N-dealkylation sites (N-methyl/N-ethyl adjacent to an activating group) is 1. The number of pyridine rings is 1. The fraction of sp³-hybridized carbons (Fsp3) is 0.527. The summed E-state index contributed by atoms with van der Waals surface area (Å²) < 4.78 is 13.5. The van der Waals surface area contributed by atoms with E-state index >= 15 is 0 Å². The van der Waals surface area contributed by atoms with Crippen LogP contribution in [0.15, 0.2) is 60.8 Å². The van der Waals surface area contributed by atoms with Gasteiger partial charge in [-0.2, -0.15) is 0 Å². The number of nitrogens with one attached hydrogen (secondary N) is 2. The molecule has 2 N–H and O–H groups in total. The molecule has 2 aromatic heterocycles. The van der Waals surface area contributed by atoms with Crippen LogP contribution in [0.1, 0.15) is 90.2 Å². The summed E-state index contributed by atoms with van der Waals surface area (Å²) in [6, 6.07) is 16.9. The Morgan fingerprint density at radius 3 is 2.47 bits per heavy atom. The molecule has 3 fully saturated rings. The molecule has 15 nitrogen and oxygen atoms in total. The molecule has 15 heteroatoms. The lowest BCUT2D eigenvalue weighted by atomic mass is 9.84. The first-order chi connectivity index (χ1) is 33.5. The Kier molecular flexibility index (Phi) is 16.8. The van der Waals surface area contributed by atoms with Gasteiger partial charge in [-0.15, -0.1) is 0 Å². The van der Waals surface area contributed by atoms with Crippen molar-refractivity contribution in [1.82, 2.24) is 40.0 Å². The van der Waals surface area contributed by atoms with Gasteiger partial charge in [-0.3, -0.25) is 38.9 Å². The quantitative estimate of drug-likeness (QED) is 0.0892. The zero-order valence-corrected chi connectivity index (χ0v) is 42.5. The van der Waals surface area contributed by atoms with Gasteiger partial charge >= 0.3 is 0 Å². The smallest absolute Gasteiger partial charge is 0.298 e. The molecule has 4 amide bonds. The lowest BCUT2D eigenvalue weighted by Gasteiger charge is -2.35. The van der Waals surface area contributed by atoms with Gasteiger partial charge in [0.2, 0.25) is 11.8 Å².